The Morgan fingerprint density at radius 3 is 2.45 bits per heavy atom. The van der Waals surface area contributed by atoms with Crippen molar-refractivity contribution in [2.75, 3.05) is 36.4 Å². The molecule has 0 radical (unpaired) electrons. The van der Waals surface area contributed by atoms with Crippen LogP contribution in [0.25, 0.3) is 0 Å². The summed E-state index contributed by atoms with van der Waals surface area (Å²) in [6.45, 7) is 2.36. The molecule has 1 saturated heterocycles. The summed E-state index contributed by atoms with van der Waals surface area (Å²) < 4.78 is 18.8. The Morgan fingerprint density at radius 2 is 1.79 bits per heavy atom. The number of pyridine rings is 1. The summed E-state index contributed by atoms with van der Waals surface area (Å²) in [4.78, 5) is 32.8. The SMILES string of the molecule is O=C(Nc1ccccc1F)c1ccc(N2CCN(C(=O)c3ccco3)CC2)nc1. The molecule has 4 rings (SSSR count). The first-order chi connectivity index (χ1) is 14.1. The molecule has 1 aliphatic heterocycles. The number of halogens is 1. The molecule has 8 heteroatoms. The molecule has 1 aliphatic rings. The number of hydrogen-bond acceptors (Lipinski definition) is 5. The average molecular weight is 394 g/mol. The van der Waals surface area contributed by atoms with Crippen molar-refractivity contribution in [3.63, 3.8) is 0 Å². The van der Waals surface area contributed by atoms with Gasteiger partial charge in [-0.3, -0.25) is 9.59 Å². The smallest absolute Gasteiger partial charge is 0.289 e. The number of hydrogen-bond donors (Lipinski definition) is 1. The van der Waals surface area contributed by atoms with Crippen LogP contribution in [0.15, 0.2) is 65.4 Å². The maximum Gasteiger partial charge on any atom is 0.289 e. The first-order valence-corrected chi connectivity index (χ1v) is 9.21. The Labute approximate surface area is 166 Å². The average Bonchev–Trinajstić information content (AvgIpc) is 3.30. The van der Waals surface area contributed by atoms with Gasteiger partial charge in [0.2, 0.25) is 0 Å². The number of piperazine rings is 1. The van der Waals surface area contributed by atoms with Crippen molar-refractivity contribution in [2.24, 2.45) is 0 Å². The number of aromatic nitrogens is 1. The fourth-order valence-corrected chi connectivity index (χ4v) is 3.16. The van der Waals surface area contributed by atoms with Gasteiger partial charge in [-0.2, -0.15) is 0 Å². The van der Waals surface area contributed by atoms with E-state index in [1.807, 2.05) is 4.90 Å². The molecule has 0 atom stereocenters. The van der Waals surface area contributed by atoms with Gasteiger partial charge in [0.1, 0.15) is 11.6 Å². The molecule has 0 unspecified atom stereocenters. The molecular weight excluding hydrogens is 375 g/mol. The Bertz CT molecular complexity index is 997. The summed E-state index contributed by atoms with van der Waals surface area (Å²) in [5.74, 6) is 0.0116. The second-order valence-corrected chi connectivity index (χ2v) is 6.60. The highest BCUT2D eigenvalue weighted by molar-refractivity contribution is 6.04. The number of nitrogens with zero attached hydrogens (tertiary/aromatic N) is 3. The van der Waals surface area contributed by atoms with Crippen LogP contribution in [0.5, 0.6) is 0 Å². The minimum Gasteiger partial charge on any atom is -0.459 e. The summed E-state index contributed by atoms with van der Waals surface area (Å²) in [5, 5.41) is 2.54. The Morgan fingerprint density at radius 1 is 1.00 bits per heavy atom. The highest BCUT2D eigenvalue weighted by atomic mass is 19.1. The Balaban J connectivity index is 1.35. The van der Waals surface area contributed by atoms with E-state index in [1.54, 1.807) is 41.3 Å². The molecule has 29 heavy (non-hydrogen) atoms. The molecule has 1 N–H and O–H groups in total. The molecule has 2 amide bonds. The van der Waals surface area contributed by atoms with E-state index in [4.69, 9.17) is 4.42 Å². The largest absolute Gasteiger partial charge is 0.459 e. The molecule has 7 nitrogen and oxygen atoms in total. The zero-order chi connectivity index (χ0) is 20.2. The molecule has 0 saturated carbocycles. The number of para-hydroxylation sites is 1. The van der Waals surface area contributed by atoms with E-state index in [-0.39, 0.29) is 11.6 Å². The van der Waals surface area contributed by atoms with Gasteiger partial charge in [-0.15, -0.1) is 0 Å². The molecule has 0 spiro atoms. The van der Waals surface area contributed by atoms with Crippen molar-refractivity contribution in [3.8, 4) is 0 Å². The minimum atomic E-state index is -0.493. The lowest BCUT2D eigenvalue weighted by Crippen LogP contribution is -2.49. The molecule has 1 aromatic carbocycles. The van der Waals surface area contributed by atoms with Crippen molar-refractivity contribution in [2.45, 2.75) is 0 Å². The van der Waals surface area contributed by atoms with Crippen LogP contribution in [0.1, 0.15) is 20.9 Å². The van der Waals surface area contributed by atoms with Crippen molar-refractivity contribution in [3.05, 3.63) is 78.1 Å². The zero-order valence-corrected chi connectivity index (χ0v) is 15.5. The molecule has 3 heterocycles. The van der Waals surface area contributed by atoms with Gasteiger partial charge in [-0.25, -0.2) is 9.37 Å². The van der Waals surface area contributed by atoms with Crippen LogP contribution < -0.4 is 10.2 Å². The summed E-state index contributed by atoms with van der Waals surface area (Å²) in [7, 11) is 0. The normalized spacial score (nSPS) is 14.0. The monoisotopic (exact) mass is 394 g/mol. The van der Waals surface area contributed by atoms with Gasteiger partial charge < -0.3 is 19.5 Å². The molecule has 2 aromatic heterocycles. The van der Waals surface area contributed by atoms with E-state index < -0.39 is 11.7 Å². The standard InChI is InChI=1S/C21H19FN4O3/c22-16-4-1-2-5-17(16)24-20(27)15-7-8-19(23-14-15)25-9-11-26(12-10-25)21(28)18-6-3-13-29-18/h1-8,13-14H,9-12H2,(H,24,27). The summed E-state index contributed by atoms with van der Waals surface area (Å²) in [6.07, 6.45) is 2.95. The number of furan rings is 1. The van der Waals surface area contributed by atoms with E-state index in [0.29, 0.717) is 37.5 Å². The van der Waals surface area contributed by atoms with Crippen molar-refractivity contribution in [1.29, 1.82) is 0 Å². The predicted octanol–water partition coefficient (Wildman–Crippen LogP) is 3.03. The fraction of sp³-hybridized carbons (Fsp3) is 0.190. The minimum absolute atomic E-state index is 0.122. The van der Waals surface area contributed by atoms with Crippen LogP contribution >= 0.6 is 0 Å². The fourth-order valence-electron chi connectivity index (χ4n) is 3.16. The Hall–Kier alpha value is -3.68. The maximum absolute atomic E-state index is 13.7. The number of nitrogens with one attached hydrogen (secondary N) is 1. The zero-order valence-electron chi connectivity index (χ0n) is 15.5. The van der Waals surface area contributed by atoms with Crippen molar-refractivity contribution in [1.82, 2.24) is 9.88 Å². The first kappa shape index (κ1) is 18.7. The third-order valence-electron chi connectivity index (χ3n) is 4.75. The van der Waals surface area contributed by atoms with E-state index in [2.05, 4.69) is 10.3 Å². The lowest BCUT2D eigenvalue weighted by molar-refractivity contribution is 0.0714. The van der Waals surface area contributed by atoms with E-state index in [1.165, 1.54) is 24.6 Å². The first-order valence-electron chi connectivity index (χ1n) is 9.21. The van der Waals surface area contributed by atoms with E-state index >= 15 is 0 Å². The number of carbonyl (C=O) groups is 2. The third-order valence-corrected chi connectivity index (χ3v) is 4.75. The topological polar surface area (TPSA) is 78.7 Å². The highest BCUT2D eigenvalue weighted by Gasteiger charge is 2.24. The van der Waals surface area contributed by atoms with E-state index in [9.17, 15) is 14.0 Å². The molecule has 3 aromatic rings. The number of anilines is 2. The number of amides is 2. The van der Waals surface area contributed by atoms with Crippen LogP contribution in [0.4, 0.5) is 15.9 Å². The van der Waals surface area contributed by atoms with Crippen LogP contribution in [0.3, 0.4) is 0 Å². The summed E-state index contributed by atoms with van der Waals surface area (Å²) in [5.41, 5.74) is 0.461. The van der Waals surface area contributed by atoms with Crippen LogP contribution in [-0.2, 0) is 0 Å². The summed E-state index contributed by atoms with van der Waals surface area (Å²) >= 11 is 0. The lowest BCUT2D eigenvalue weighted by atomic mass is 10.2. The maximum atomic E-state index is 13.7. The van der Waals surface area contributed by atoms with Gasteiger partial charge in [-0.1, -0.05) is 12.1 Å². The quantitative estimate of drug-likeness (QED) is 0.736. The van der Waals surface area contributed by atoms with Gasteiger partial charge in [0, 0.05) is 32.4 Å². The molecular formula is C21H19FN4O3. The molecule has 148 valence electrons. The van der Waals surface area contributed by atoms with Gasteiger partial charge in [0.15, 0.2) is 5.76 Å². The second kappa shape index (κ2) is 8.14. The van der Waals surface area contributed by atoms with E-state index in [0.717, 1.165) is 5.82 Å². The van der Waals surface area contributed by atoms with Crippen molar-refractivity contribution < 1.29 is 18.4 Å². The van der Waals surface area contributed by atoms with Gasteiger partial charge in [0.05, 0.1) is 17.5 Å². The van der Waals surface area contributed by atoms with Crippen LogP contribution in [0.2, 0.25) is 0 Å². The van der Waals surface area contributed by atoms with Gasteiger partial charge in [-0.05, 0) is 36.4 Å². The lowest BCUT2D eigenvalue weighted by Gasteiger charge is -2.35. The number of benzene rings is 1. The number of rotatable bonds is 4. The Kier molecular flexibility index (Phi) is 5.24. The van der Waals surface area contributed by atoms with Crippen molar-refractivity contribution >= 4 is 23.3 Å². The van der Waals surface area contributed by atoms with Gasteiger partial charge >= 0.3 is 0 Å². The van der Waals surface area contributed by atoms with Gasteiger partial charge in [0.25, 0.3) is 11.8 Å². The van der Waals surface area contributed by atoms with Crippen LogP contribution in [0, 0.1) is 5.82 Å². The molecule has 1 fully saturated rings. The predicted molar refractivity (Wildman–Crippen MR) is 105 cm³/mol. The third kappa shape index (κ3) is 4.11. The summed E-state index contributed by atoms with van der Waals surface area (Å²) in [6, 6.07) is 12.7. The highest BCUT2D eigenvalue weighted by Crippen LogP contribution is 2.18. The van der Waals surface area contributed by atoms with Crippen LogP contribution in [-0.4, -0.2) is 47.9 Å². The number of carbonyl (C=O) groups excluding carboxylic acids is 2. The molecule has 0 aliphatic carbocycles. The molecule has 0 bridgehead atoms. The second-order valence-electron chi connectivity index (χ2n) is 6.60.